The summed E-state index contributed by atoms with van der Waals surface area (Å²) in [6.45, 7) is 2.70. The number of aromatic amines is 1. The molecule has 0 radical (unpaired) electrons. The summed E-state index contributed by atoms with van der Waals surface area (Å²) in [5.41, 5.74) is 4.07. The zero-order valence-corrected chi connectivity index (χ0v) is 15.8. The van der Waals surface area contributed by atoms with Crippen LogP contribution in [-0.4, -0.2) is 28.9 Å². The van der Waals surface area contributed by atoms with Gasteiger partial charge in [-0.3, -0.25) is 9.89 Å². The number of benzene rings is 2. The number of carbonyl (C=O) groups is 1. The minimum atomic E-state index is -0.527. The van der Waals surface area contributed by atoms with Crippen molar-refractivity contribution in [3.8, 4) is 17.0 Å². The minimum absolute atomic E-state index is 0.0974. The molecule has 28 heavy (non-hydrogen) atoms. The van der Waals surface area contributed by atoms with Crippen LogP contribution < -0.4 is 10.2 Å². The van der Waals surface area contributed by atoms with Gasteiger partial charge in [0.1, 0.15) is 17.3 Å². The maximum atomic E-state index is 13.7. The molecule has 3 aromatic rings. The summed E-state index contributed by atoms with van der Waals surface area (Å²) in [4.78, 5) is 12.2. The number of carbonyl (C=O) groups excluding carboxylic acids is 1. The zero-order valence-electron chi connectivity index (χ0n) is 15.1. The van der Waals surface area contributed by atoms with Crippen LogP contribution >= 0.6 is 11.6 Å². The number of rotatable bonds is 7. The van der Waals surface area contributed by atoms with Crippen molar-refractivity contribution in [1.82, 2.24) is 15.6 Å². The van der Waals surface area contributed by atoms with E-state index in [4.69, 9.17) is 16.3 Å². The van der Waals surface area contributed by atoms with Crippen LogP contribution in [0.15, 0.2) is 53.6 Å². The predicted molar refractivity (Wildman–Crippen MR) is 106 cm³/mol. The predicted octanol–water partition coefficient (Wildman–Crippen LogP) is 4.42. The molecule has 0 saturated heterocycles. The number of aromatic nitrogens is 2. The van der Waals surface area contributed by atoms with Gasteiger partial charge in [0, 0.05) is 11.1 Å². The molecule has 0 aliphatic rings. The van der Waals surface area contributed by atoms with Crippen LogP contribution in [0.4, 0.5) is 4.39 Å². The standard InChI is InChI=1S/C20H18ClFN4O2/c1-2-10-28-14-8-6-13(7-9-14)18-11-19(25-24-18)20(27)26-23-12-15-16(21)4-3-5-17(15)22/h3-9,11-12H,2,10H2,1H3,(H,24,25)(H,26,27). The Labute approximate surface area is 166 Å². The van der Waals surface area contributed by atoms with Gasteiger partial charge in [0.15, 0.2) is 0 Å². The number of hydrogen-bond donors (Lipinski definition) is 2. The lowest BCUT2D eigenvalue weighted by Crippen LogP contribution is -2.18. The fourth-order valence-corrected chi connectivity index (χ4v) is 2.59. The van der Waals surface area contributed by atoms with E-state index in [1.54, 1.807) is 6.07 Å². The molecule has 0 bridgehead atoms. The van der Waals surface area contributed by atoms with Gasteiger partial charge >= 0.3 is 0 Å². The van der Waals surface area contributed by atoms with Crippen LogP contribution in [0.2, 0.25) is 5.02 Å². The number of amides is 1. The summed E-state index contributed by atoms with van der Waals surface area (Å²) in [5.74, 6) is -0.258. The van der Waals surface area contributed by atoms with Gasteiger partial charge in [-0.15, -0.1) is 0 Å². The van der Waals surface area contributed by atoms with E-state index in [9.17, 15) is 9.18 Å². The second-order valence-electron chi connectivity index (χ2n) is 5.87. The number of hydrogen-bond acceptors (Lipinski definition) is 4. The normalized spacial score (nSPS) is 11.0. The van der Waals surface area contributed by atoms with Gasteiger partial charge in [0.25, 0.3) is 5.91 Å². The number of H-pyrrole nitrogens is 1. The smallest absolute Gasteiger partial charge is 0.289 e. The molecule has 1 amide bonds. The third kappa shape index (κ3) is 4.75. The first-order valence-corrected chi connectivity index (χ1v) is 9.02. The highest BCUT2D eigenvalue weighted by molar-refractivity contribution is 6.33. The molecule has 1 aromatic heterocycles. The van der Waals surface area contributed by atoms with E-state index in [0.717, 1.165) is 23.9 Å². The van der Waals surface area contributed by atoms with Crippen LogP contribution in [0, 0.1) is 5.82 Å². The van der Waals surface area contributed by atoms with E-state index in [1.807, 2.05) is 31.2 Å². The van der Waals surface area contributed by atoms with E-state index >= 15 is 0 Å². The number of halogens is 2. The Morgan fingerprint density at radius 2 is 2.11 bits per heavy atom. The Balaban J connectivity index is 1.64. The third-order valence-corrected chi connectivity index (χ3v) is 4.13. The van der Waals surface area contributed by atoms with Crippen molar-refractivity contribution < 1.29 is 13.9 Å². The summed E-state index contributed by atoms with van der Waals surface area (Å²) in [6, 6.07) is 13.3. The molecule has 144 valence electrons. The minimum Gasteiger partial charge on any atom is -0.494 e. The van der Waals surface area contributed by atoms with Crippen molar-refractivity contribution in [3.63, 3.8) is 0 Å². The Morgan fingerprint density at radius 1 is 1.32 bits per heavy atom. The number of nitrogens with zero attached hydrogens (tertiary/aromatic N) is 2. The van der Waals surface area contributed by atoms with Gasteiger partial charge in [-0.05, 0) is 48.9 Å². The summed E-state index contributed by atoms with van der Waals surface area (Å²) in [7, 11) is 0. The van der Waals surface area contributed by atoms with Gasteiger partial charge < -0.3 is 4.74 Å². The Morgan fingerprint density at radius 3 is 2.82 bits per heavy atom. The molecule has 0 unspecified atom stereocenters. The summed E-state index contributed by atoms with van der Waals surface area (Å²) in [5, 5.41) is 10.7. The molecule has 2 N–H and O–H groups in total. The third-order valence-electron chi connectivity index (χ3n) is 3.80. The van der Waals surface area contributed by atoms with Gasteiger partial charge in [-0.25, -0.2) is 9.82 Å². The lowest BCUT2D eigenvalue weighted by atomic mass is 10.1. The topological polar surface area (TPSA) is 79.4 Å². The lowest BCUT2D eigenvalue weighted by Gasteiger charge is -2.04. The second kappa shape index (κ2) is 9.14. The molecule has 0 aliphatic carbocycles. The van der Waals surface area contributed by atoms with Crippen LogP contribution in [-0.2, 0) is 0 Å². The molecule has 0 spiro atoms. The van der Waals surface area contributed by atoms with Crippen LogP contribution in [0.5, 0.6) is 5.75 Å². The first-order valence-electron chi connectivity index (χ1n) is 8.64. The second-order valence-corrected chi connectivity index (χ2v) is 6.28. The van der Waals surface area contributed by atoms with Crippen molar-refractivity contribution in [2.45, 2.75) is 13.3 Å². The highest BCUT2D eigenvalue weighted by Gasteiger charge is 2.11. The Hall–Kier alpha value is -3.19. The first-order chi connectivity index (χ1) is 13.6. The van der Waals surface area contributed by atoms with Gasteiger partial charge in [-0.2, -0.15) is 10.2 Å². The summed E-state index contributed by atoms with van der Waals surface area (Å²) >= 11 is 5.90. The van der Waals surface area contributed by atoms with E-state index in [0.29, 0.717) is 12.3 Å². The molecule has 0 atom stereocenters. The summed E-state index contributed by atoms with van der Waals surface area (Å²) in [6.07, 6.45) is 2.09. The van der Waals surface area contributed by atoms with Crippen LogP contribution in [0.25, 0.3) is 11.3 Å². The lowest BCUT2D eigenvalue weighted by molar-refractivity contribution is 0.0950. The van der Waals surface area contributed by atoms with Gasteiger partial charge in [0.05, 0.1) is 23.5 Å². The Kier molecular flexibility index (Phi) is 6.39. The number of hydrazone groups is 1. The van der Waals surface area contributed by atoms with Crippen LogP contribution in [0.3, 0.4) is 0 Å². The quantitative estimate of drug-likeness (QED) is 0.455. The average molecular weight is 401 g/mol. The maximum absolute atomic E-state index is 13.7. The molecular weight excluding hydrogens is 383 g/mol. The van der Waals surface area contributed by atoms with Crippen molar-refractivity contribution in [1.29, 1.82) is 0 Å². The molecule has 1 heterocycles. The van der Waals surface area contributed by atoms with Crippen molar-refractivity contribution in [2.75, 3.05) is 6.61 Å². The fraction of sp³-hybridized carbons (Fsp3) is 0.150. The van der Waals surface area contributed by atoms with Gasteiger partial charge in [0.2, 0.25) is 0 Å². The monoisotopic (exact) mass is 400 g/mol. The molecular formula is C20H18ClFN4O2. The fourth-order valence-electron chi connectivity index (χ4n) is 2.38. The molecule has 2 aromatic carbocycles. The van der Waals surface area contributed by atoms with Crippen molar-refractivity contribution in [2.24, 2.45) is 5.10 Å². The van der Waals surface area contributed by atoms with Gasteiger partial charge in [-0.1, -0.05) is 24.6 Å². The molecule has 0 aliphatic heterocycles. The SMILES string of the molecule is CCCOc1ccc(-c2cc(C(=O)NN=Cc3c(F)cccc3Cl)[nH]n2)cc1. The highest BCUT2D eigenvalue weighted by Crippen LogP contribution is 2.21. The summed E-state index contributed by atoms with van der Waals surface area (Å²) < 4.78 is 19.2. The number of nitrogens with one attached hydrogen (secondary N) is 2. The van der Waals surface area contributed by atoms with Crippen molar-refractivity contribution in [3.05, 3.63) is 70.6 Å². The largest absolute Gasteiger partial charge is 0.494 e. The first kappa shape index (κ1) is 19.6. The molecule has 0 fully saturated rings. The Bertz CT molecular complexity index is 966. The molecule has 0 saturated carbocycles. The highest BCUT2D eigenvalue weighted by atomic mass is 35.5. The van der Waals surface area contributed by atoms with E-state index in [1.165, 1.54) is 18.2 Å². The molecule has 3 rings (SSSR count). The van der Waals surface area contributed by atoms with E-state index in [2.05, 4.69) is 20.7 Å². The maximum Gasteiger partial charge on any atom is 0.289 e. The number of ether oxygens (including phenoxy) is 1. The van der Waals surface area contributed by atoms with E-state index < -0.39 is 11.7 Å². The average Bonchev–Trinajstić information content (AvgIpc) is 3.19. The zero-order chi connectivity index (χ0) is 19.9. The molecule has 8 heteroatoms. The van der Waals surface area contributed by atoms with E-state index in [-0.39, 0.29) is 16.3 Å². The molecule has 6 nitrogen and oxygen atoms in total. The van der Waals surface area contributed by atoms with Crippen molar-refractivity contribution >= 4 is 23.7 Å². The van der Waals surface area contributed by atoms with Crippen LogP contribution in [0.1, 0.15) is 29.4 Å².